The first-order chi connectivity index (χ1) is 19.6. The fourth-order valence-corrected chi connectivity index (χ4v) is 5.46. The van der Waals surface area contributed by atoms with Gasteiger partial charge in [-0.3, -0.25) is 9.59 Å². The Balaban J connectivity index is 1.36. The molecule has 1 atom stereocenters. The van der Waals surface area contributed by atoms with E-state index in [1.165, 1.54) is 6.07 Å². The number of allylic oxidation sites excluding steroid dienone is 4. The number of anilines is 2. The standard InChI is InChI=1S/C31H28F3N5O2/c1-3-4-10-25-20(2)37-29(41)30(25)15-22-11-12-24(13-23(22)16-30)38-27-14-26(35-19-36-27)28(40)39(18-31(32,33)34)17-21-8-6-5-7-9-21/h3-14,19H,1,15-18H2,2H3,(H,37,41)(H,35,36,38)/b10-4-. The summed E-state index contributed by atoms with van der Waals surface area (Å²) in [5.41, 5.74) is 4.18. The Morgan fingerprint density at radius 3 is 2.61 bits per heavy atom. The number of nitrogens with one attached hydrogen (secondary N) is 2. The third-order valence-corrected chi connectivity index (χ3v) is 7.28. The normalized spacial score (nSPS) is 18.1. The quantitative estimate of drug-likeness (QED) is 0.348. The number of aromatic nitrogens is 2. The van der Waals surface area contributed by atoms with Crippen molar-refractivity contribution in [2.24, 2.45) is 5.41 Å². The van der Waals surface area contributed by atoms with E-state index in [4.69, 9.17) is 0 Å². The molecular weight excluding hydrogens is 531 g/mol. The molecule has 2 heterocycles. The van der Waals surface area contributed by atoms with Gasteiger partial charge in [0.25, 0.3) is 5.91 Å². The molecule has 0 saturated carbocycles. The topological polar surface area (TPSA) is 87.2 Å². The Morgan fingerprint density at radius 2 is 1.88 bits per heavy atom. The van der Waals surface area contributed by atoms with Crippen molar-refractivity contribution in [2.75, 3.05) is 11.9 Å². The van der Waals surface area contributed by atoms with Crippen LogP contribution in [0.4, 0.5) is 24.7 Å². The van der Waals surface area contributed by atoms with Crippen molar-refractivity contribution in [3.8, 4) is 0 Å². The highest BCUT2D eigenvalue weighted by Gasteiger charge is 2.50. The van der Waals surface area contributed by atoms with E-state index in [9.17, 15) is 22.8 Å². The molecule has 2 aliphatic rings. The zero-order valence-corrected chi connectivity index (χ0v) is 22.3. The Hall–Kier alpha value is -4.73. The van der Waals surface area contributed by atoms with Crippen molar-refractivity contribution in [1.82, 2.24) is 20.2 Å². The fraction of sp³-hybridized carbons (Fsp3) is 0.226. The van der Waals surface area contributed by atoms with E-state index in [1.54, 1.807) is 36.4 Å². The number of fused-ring (bicyclic) bond motifs is 1. The number of amides is 2. The van der Waals surface area contributed by atoms with Crippen LogP contribution in [-0.2, 0) is 24.2 Å². The van der Waals surface area contributed by atoms with Crippen LogP contribution in [0.2, 0.25) is 0 Å². The van der Waals surface area contributed by atoms with Gasteiger partial charge in [-0.05, 0) is 54.2 Å². The second-order valence-electron chi connectivity index (χ2n) is 10.2. The average Bonchev–Trinajstić information content (AvgIpc) is 3.42. The first-order valence-corrected chi connectivity index (χ1v) is 13.0. The smallest absolute Gasteiger partial charge is 0.340 e. The molecule has 0 fully saturated rings. The first kappa shape index (κ1) is 27.8. The summed E-state index contributed by atoms with van der Waals surface area (Å²) in [6.45, 7) is 3.98. The summed E-state index contributed by atoms with van der Waals surface area (Å²) >= 11 is 0. The van der Waals surface area contributed by atoms with Crippen LogP contribution in [0.5, 0.6) is 0 Å². The predicted molar refractivity (Wildman–Crippen MR) is 149 cm³/mol. The Labute approximate surface area is 235 Å². The molecule has 0 saturated heterocycles. The highest BCUT2D eigenvalue weighted by Crippen LogP contribution is 2.47. The third-order valence-electron chi connectivity index (χ3n) is 7.28. The molecular formula is C31H28F3N5O2. The SMILES string of the molecule is C=C/C=C\C1=C(C)NC(=O)C12Cc1ccc(Nc3cc(C(=O)N(Cc4ccccc4)CC(F)(F)F)ncn3)cc1C2. The van der Waals surface area contributed by atoms with Crippen LogP contribution in [0.25, 0.3) is 0 Å². The van der Waals surface area contributed by atoms with Gasteiger partial charge in [-0.1, -0.05) is 61.2 Å². The lowest BCUT2D eigenvalue weighted by Gasteiger charge is -2.24. The lowest BCUT2D eigenvalue weighted by Crippen LogP contribution is -2.38. The van der Waals surface area contributed by atoms with E-state index in [1.807, 2.05) is 37.3 Å². The van der Waals surface area contributed by atoms with E-state index < -0.39 is 24.0 Å². The van der Waals surface area contributed by atoms with Crippen molar-refractivity contribution in [3.05, 3.63) is 119 Å². The summed E-state index contributed by atoms with van der Waals surface area (Å²) < 4.78 is 40.0. The molecule has 2 amide bonds. The maximum Gasteiger partial charge on any atom is 0.406 e. The van der Waals surface area contributed by atoms with Gasteiger partial charge in [0, 0.05) is 24.0 Å². The number of hydrogen-bond donors (Lipinski definition) is 2. The highest BCUT2D eigenvalue weighted by atomic mass is 19.4. The maximum absolute atomic E-state index is 13.3. The summed E-state index contributed by atoms with van der Waals surface area (Å²) in [4.78, 5) is 35.0. The van der Waals surface area contributed by atoms with E-state index in [-0.39, 0.29) is 24.0 Å². The number of nitrogens with zero attached hydrogens (tertiary/aromatic N) is 3. The van der Waals surface area contributed by atoms with Crippen LogP contribution in [0, 0.1) is 5.41 Å². The largest absolute Gasteiger partial charge is 0.406 e. The summed E-state index contributed by atoms with van der Waals surface area (Å²) in [5.74, 6) is -0.643. The monoisotopic (exact) mass is 559 g/mol. The minimum absolute atomic E-state index is 0.0395. The number of carbonyl (C=O) groups is 2. The van der Waals surface area contributed by atoms with E-state index in [0.717, 1.165) is 33.6 Å². The number of hydrogen-bond acceptors (Lipinski definition) is 5. The van der Waals surface area contributed by atoms with Crippen molar-refractivity contribution < 1.29 is 22.8 Å². The van der Waals surface area contributed by atoms with E-state index >= 15 is 0 Å². The van der Waals surface area contributed by atoms with Crippen LogP contribution in [0.1, 0.15) is 34.1 Å². The molecule has 1 aromatic heterocycles. The summed E-state index contributed by atoms with van der Waals surface area (Å²) in [6, 6.07) is 15.5. The molecule has 10 heteroatoms. The maximum atomic E-state index is 13.3. The van der Waals surface area contributed by atoms with E-state index in [2.05, 4.69) is 27.2 Å². The molecule has 1 aliphatic carbocycles. The van der Waals surface area contributed by atoms with Gasteiger partial charge in [-0.25, -0.2) is 9.97 Å². The number of halogens is 3. The highest BCUT2D eigenvalue weighted by molar-refractivity contribution is 5.94. The molecule has 2 N–H and O–H groups in total. The van der Waals surface area contributed by atoms with Gasteiger partial charge in [0.15, 0.2) is 0 Å². The van der Waals surface area contributed by atoms with Gasteiger partial charge < -0.3 is 15.5 Å². The van der Waals surface area contributed by atoms with Crippen molar-refractivity contribution >= 4 is 23.3 Å². The lowest BCUT2D eigenvalue weighted by atomic mass is 9.78. The Bertz CT molecular complexity index is 1570. The predicted octanol–water partition coefficient (Wildman–Crippen LogP) is 5.66. The van der Waals surface area contributed by atoms with Crippen LogP contribution in [0.15, 0.2) is 97.0 Å². The second kappa shape index (κ2) is 11.0. The number of benzene rings is 2. The van der Waals surface area contributed by atoms with Gasteiger partial charge >= 0.3 is 6.18 Å². The second-order valence-corrected chi connectivity index (χ2v) is 10.2. The van der Waals surface area contributed by atoms with E-state index in [0.29, 0.717) is 24.1 Å². The first-order valence-electron chi connectivity index (χ1n) is 13.0. The van der Waals surface area contributed by atoms with Gasteiger partial charge in [0.1, 0.15) is 24.4 Å². The minimum Gasteiger partial charge on any atom is -0.340 e. The van der Waals surface area contributed by atoms with Gasteiger partial charge in [0.2, 0.25) is 5.91 Å². The number of carbonyl (C=O) groups excluding carboxylic acids is 2. The van der Waals surface area contributed by atoms with Gasteiger partial charge in [-0.15, -0.1) is 0 Å². The van der Waals surface area contributed by atoms with Crippen molar-refractivity contribution in [2.45, 2.75) is 32.5 Å². The molecule has 0 radical (unpaired) electrons. The molecule has 210 valence electrons. The van der Waals surface area contributed by atoms with Crippen LogP contribution >= 0.6 is 0 Å². The van der Waals surface area contributed by atoms with Crippen LogP contribution < -0.4 is 10.6 Å². The zero-order valence-electron chi connectivity index (χ0n) is 22.3. The Kier molecular flexibility index (Phi) is 7.49. The average molecular weight is 560 g/mol. The van der Waals surface area contributed by atoms with Crippen molar-refractivity contribution in [1.29, 1.82) is 0 Å². The van der Waals surface area contributed by atoms with Gasteiger partial charge in [0.05, 0.1) is 5.41 Å². The van der Waals surface area contributed by atoms with Crippen LogP contribution in [-0.4, -0.2) is 39.4 Å². The molecule has 0 bridgehead atoms. The molecule has 7 nitrogen and oxygen atoms in total. The molecule has 1 unspecified atom stereocenters. The fourth-order valence-electron chi connectivity index (χ4n) is 5.46. The molecule has 2 aromatic carbocycles. The summed E-state index contributed by atoms with van der Waals surface area (Å²) in [6.07, 6.45) is 3.05. The van der Waals surface area contributed by atoms with Gasteiger partial charge in [-0.2, -0.15) is 13.2 Å². The van der Waals surface area contributed by atoms with Crippen molar-refractivity contribution in [3.63, 3.8) is 0 Å². The Morgan fingerprint density at radius 1 is 1.12 bits per heavy atom. The molecule has 1 aliphatic heterocycles. The minimum atomic E-state index is -4.58. The molecule has 41 heavy (non-hydrogen) atoms. The zero-order chi connectivity index (χ0) is 29.2. The molecule has 5 rings (SSSR count). The number of alkyl halides is 3. The third kappa shape index (κ3) is 5.91. The van der Waals surface area contributed by atoms with Crippen LogP contribution in [0.3, 0.4) is 0 Å². The summed E-state index contributed by atoms with van der Waals surface area (Å²) in [5, 5.41) is 6.10. The molecule has 3 aromatic rings. The number of rotatable bonds is 8. The molecule has 1 spiro atoms. The lowest BCUT2D eigenvalue weighted by molar-refractivity contribution is -0.141. The summed E-state index contributed by atoms with van der Waals surface area (Å²) in [7, 11) is 0.